The van der Waals surface area contributed by atoms with E-state index in [9.17, 15) is 4.79 Å². The Kier molecular flexibility index (Phi) is 5.54. The number of hydrogen-bond donors (Lipinski definition) is 1. The summed E-state index contributed by atoms with van der Waals surface area (Å²) in [5.74, 6) is 0.994. The molecule has 2 heterocycles. The largest absolute Gasteiger partial charge is 0.468 e. The zero-order valence-electron chi connectivity index (χ0n) is 14.1. The molecule has 0 bridgehead atoms. The highest BCUT2D eigenvalue weighted by atomic mass is 16.3. The summed E-state index contributed by atoms with van der Waals surface area (Å²) < 4.78 is 5.62. The van der Waals surface area contributed by atoms with Gasteiger partial charge in [0.2, 0.25) is 5.91 Å². The minimum Gasteiger partial charge on any atom is -0.468 e. The van der Waals surface area contributed by atoms with Gasteiger partial charge in [0.1, 0.15) is 5.76 Å². The van der Waals surface area contributed by atoms with Gasteiger partial charge >= 0.3 is 0 Å². The number of furan rings is 1. The smallest absolute Gasteiger partial charge is 0.219 e. The highest BCUT2D eigenvalue weighted by Gasteiger charge is 2.27. The van der Waals surface area contributed by atoms with Crippen molar-refractivity contribution < 1.29 is 9.21 Å². The van der Waals surface area contributed by atoms with E-state index < -0.39 is 0 Å². The summed E-state index contributed by atoms with van der Waals surface area (Å²) in [4.78, 5) is 16.4. The lowest BCUT2D eigenvalue weighted by Crippen LogP contribution is -2.49. The lowest BCUT2D eigenvalue weighted by Gasteiger charge is -2.39. The van der Waals surface area contributed by atoms with E-state index >= 15 is 0 Å². The van der Waals surface area contributed by atoms with Gasteiger partial charge in [0.25, 0.3) is 0 Å². The van der Waals surface area contributed by atoms with Gasteiger partial charge in [0, 0.05) is 44.8 Å². The van der Waals surface area contributed by atoms with Crippen LogP contribution < -0.4 is 10.2 Å². The molecule has 5 heteroatoms. The van der Waals surface area contributed by atoms with Crippen LogP contribution in [0.3, 0.4) is 0 Å². The SMILES string of the molecule is CCC(=O)NC[C@@H](c1ccco1)N1CCN(c2ccccc2)CC1. The third kappa shape index (κ3) is 3.97. The quantitative estimate of drug-likeness (QED) is 0.886. The first kappa shape index (κ1) is 16.6. The molecule has 0 saturated carbocycles. The van der Waals surface area contributed by atoms with Gasteiger partial charge in [0.05, 0.1) is 12.3 Å². The van der Waals surface area contributed by atoms with Crippen molar-refractivity contribution in [2.24, 2.45) is 0 Å². The summed E-state index contributed by atoms with van der Waals surface area (Å²) in [5.41, 5.74) is 1.27. The number of para-hydroxylation sites is 1. The molecular weight excluding hydrogens is 302 g/mol. The zero-order chi connectivity index (χ0) is 16.8. The number of anilines is 1. The molecule has 1 aromatic carbocycles. The molecule has 1 aliphatic heterocycles. The average molecular weight is 327 g/mol. The van der Waals surface area contributed by atoms with Gasteiger partial charge in [-0.2, -0.15) is 0 Å². The van der Waals surface area contributed by atoms with Crippen molar-refractivity contribution >= 4 is 11.6 Å². The van der Waals surface area contributed by atoms with E-state index in [0.717, 1.165) is 31.9 Å². The molecule has 1 saturated heterocycles. The number of nitrogens with zero attached hydrogens (tertiary/aromatic N) is 2. The zero-order valence-corrected chi connectivity index (χ0v) is 14.1. The maximum atomic E-state index is 11.6. The van der Waals surface area contributed by atoms with Crippen LogP contribution in [0.2, 0.25) is 0 Å². The van der Waals surface area contributed by atoms with E-state index in [-0.39, 0.29) is 11.9 Å². The van der Waals surface area contributed by atoms with E-state index in [2.05, 4.69) is 39.4 Å². The second kappa shape index (κ2) is 8.02. The Morgan fingerprint density at radius 2 is 1.88 bits per heavy atom. The fourth-order valence-electron chi connectivity index (χ4n) is 3.16. The van der Waals surface area contributed by atoms with Crippen LogP contribution in [-0.2, 0) is 4.79 Å². The number of carbonyl (C=O) groups excluding carboxylic acids is 1. The van der Waals surface area contributed by atoms with Crippen LogP contribution in [0.4, 0.5) is 5.69 Å². The monoisotopic (exact) mass is 327 g/mol. The van der Waals surface area contributed by atoms with Crippen LogP contribution in [0, 0.1) is 0 Å². The van der Waals surface area contributed by atoms with Crippen LogP contribution in [0.15, 0.2) is 53.1 Å². The van der Waals surface area contributed by atoms with Crippen molar-refractivity contribution in [3.8, 4) is 0 Å². The lowest BCUT2D eigenvalue weighted by atomic mass is 10.1. The molecule has 1 amide bonds. The molecule has 1 aromatic heterocycles. The molecule has 1 aliphatic rings. The van der Waals surface area contributed by atoms with Gasteiger partial charge in [0.15, 0.2) is 0 Å². The Hall–Kier alpha value is -2.27. The Morgan fingerprint density at radius 3 is 2.50 bits per heavy atom. The van der Waals surface area contributed by atoms with E-state index in [0.29, 0.717) is 13.0 Å². The number of nitrogens with one attached hydrogen (secondary N) is 1. The molecule has 1 fully saturated rings. The summed E-state index contributed by atoms with van der Waals surface area (Å²) in [6.07, 6.45) is 2.21. The molecule has 24 heavy (non-hydrogen) atoms. The van der Waals surface area contributed by atoms with E-state index in [1.54, 1.807) is 6.26 Å². The van der Waals surface area contributed by atoms with Crippen LogP contribution in [0.1, 0.15) is 25.1 Å². The molecular formula is C19H25N3O2. The molecule has 3 rings (SSSR count). The maximum Gasteiger partial charge on any atom is 0.219 e. The first-order chi connectivity index (χ1) is 11.8. The lowest BCUT2D eigenvalue weighted by molar-refractivity contribution is -0.121. The van der Waals surface area contributed by atoms with Gasteiger partial charge in [-0.15, -0.1) is 0 Å². The van der Waals surface area contributed by atoms with Crippen LogP contribution in [0.25, 0.3) is 0 Å². The molecule has 1 atom stereocenters. The first-order valence-electron chi connectivity index (χ1n) is 8.62. The second-order valence-electron chi connectivity index (χ2n) is 6.05. The van der Waals surface area contributed by atoms with Gasteiger partial charge in [-0.25, -0.2) is 0 Å². The van der Waals surface area contributed by atoms with Crippen molar-refractivity contribution in [1.82, 2.24) is 10.2 Å². The van der Waals surface area contributed by atoms with Gasteiger partial charge in [-0.1, -0.05) is 25.1 Å². The van der Waals surface area contributed by atoms with Crippen LogP contribution >= 0.6 is 0 Å². The van der Waals surface area contributed by atoms with Crippen molar-refractivity contribution in [2.45, 2.75) is 19.4 Å². The number of benzene rings is 1. The minimum absolute atomic E-state index is 0.0782. The number of carbonyl (C=O) groups is 1. The van der Waals surface area contributed by atoms with Crippen molar-refractivity contribution in [2.75, 3.05) is 37.6 Å². The Balaban J connectivity index is 1.63. The van der Waals surface area contributed by atoms with E-state index in [1.165, 1.54) is 5.69 Å². The molecule has 1 N–H and O–H groups in total. The molecule has 2 aromatic rings. The molecule has 0 aliphatic carbocycles. The predicted octanol–water partition coefficient (Wildman–Crippen LogP) is 2.67. The minimum atomic E-state index is 0.0782. The highest BCUT2D eigenvalue weighted by molar-refractivity contribution is 5.75. The van der Waals surface area contributed by atoms with E-state index in [4.69, 9.17) is 4.42 Å². The molecule has 0 spiro atoms. The summed E-state index contributed by atoms with van der Waals surface area (Å²) in [7, 11) is 0. The summed E-state index contributed by atoms with van der Waals surface area (Å²) in [6.45, 7) is 6.30. The van der Waals surface area contributed by atoms with Crippen molar-refractivity contribution in [3.05, 3.63) is 54.5 Å². The average Bonchev–Trinajstić information content (AvgIpc) is 3.17. The fourth-order valence-corrected chi connectivity index (χ4v) is 3.16. The highest BCUT2D eigenvalue weighted by Crippen LogP contribution is 2.24. The third-order valence-corrected chi connectivity index (χ3v) is 4.56. The second-order valence-corrected chi connectivity index (χ2v) is 6.05. The summed E-state index contributed by atoms with van der Waals surface area (Å²) >= 11 is 0. The number of hydrogen-bond acceptors (Lipinski definition) is 4. The Morgan fingerprint density at radius 1 is 1.12 bits per heavy atom. The van der Waals surface area contributed by atoms with Gasteiger partial charge in [-0.05, 0) is 24.3 Å². The maximum absolute atomic E-state index is 11.6. The number of rotatable bonds is 6. The molecule has 0 unspecified atom stereocenters. The van der Waals surface area contributed by atoms with Gasteiger partial charge < -0.3 is 14.6 Å². The normalized spacial score (nSPS) is 16.8. The van der Waals surface area contributed by atoms with Crippen LogP contribution in [0.5, 0.6) is 0 Å². The van der Waals surface area contributed by atoms with E-state index in [1.807, 2.05) is 25.1 Å². The summed E-state index contributed by atoms with van der Waals surface area (Å²) in [6, 6.07) is 14.5. The van der Waals surface area contributed by atoms with Crippen molar-refractivity contribution in [1.29, 1.82) is 0 Å². The Bertz CT molecular complexity index is 619. The number of amides is 1. The molecule has 128 valence electrons. The topological polar surface area (TPSA) is 48.7 Å². The fraction of sp³-hybridized carbons (Fsp3) is 0.421. The third-order valence-electron chi connectivity index (χ3n) is 4.56. The first-order valence-corrected chi connectivity index (χ1v) is 8.62. The van der Waals surface area contributed by atoms with Crippen molar-refractivity contribution in [3.63, 3.8) is 0 Å². The van der Waals surface area contributed by atoms with Crippen LogP contribution in [-0.4, -0.2) is 43.5 Å². The summed E-state index contributed by atoms with van der Waals surface area (Å²) in [5, 5.41) is 3.01. The predicted molar refractivity (Wildman–Crippen MR) is 95.0 cm³/mol. The molecule has 5 nitrogen and oxygen atoms in total. The standard InChI is InChI=1S/C19H25N3O2/c1-2-19(23)20-15-17(18-9-6-14-24-18)22-12-10-21(11-13-22)16-7-4-3-5-8-16/h3-9,14,17H,2,10-13,15H2,1H3,(H,20,23)/t17-/m0/s1. The van der Waals surface area contributed by atoms with Gasteiger partial charge in [-0.3, -0.25) is 9.69 Å². The Labute approximate surface area is 143 Å². The molecule has 0 radical (unpaired) electrons. The number of piperazine rings is 1.